The molecule has 0 heterocycles. The van der Waals surface area contributed by atoms with Crippen molar-refractivity contribution < 1.29 is 0 Å². The van der Waals surface area contributed by atoms with Crippen LogP contribution in [0.2, 0.25) is 0 Å². The van der Waals surface area contributed by atoms with Crippen LogP contribution in [0.4, 0.5) is 0 Å². The summed E-state index contributed by atoms with van der Waals surface area (Å²) in [7, 11) is -2.80. The van der Waals surface area contributed by atoms with Gasteiger partial charge in [-0.2, -0.15) is 0 Å². The summed E-state index contributed by atoms with van der Waals surface area (Å²) in [5.74, 6) is 0. The number of hydrogen-bond acceptors (Lipinski definition) is 0. The second-order valence-corrected chi connectivity index (χ2v) is 17.6. The van der Waals surface area contributed by atoms with Crippen LogP contribution in [0.3, 0.4) is 0 Å². The van der Waals surface area contributed by atoms with Gasteiger partial charge in [0.2, 0.25) is 0 Å². The SMILES string of the molecule is C(=Cc1ccc([SiH2][Si](c2ccccc2)(c2ccccc2)c2ccccc2)cc1)c1ccccc1. The van der Waals surface area contributed by atoms with Gasteiger partial charge in [-0.05, 0) is 11.1 Å². The molecule has 164 valence electrons. The Morgan fingerprint density at radius 2 is 0.735 bits per heavy atom. The summed E-state index contributed by atoms with van der Waals surface area (Å²) in [6, 6.07) is 53.5. The van der Waals surface area contributed by atoms with Crippen LogP contribution in [-0.2, 0) is 0 Å². The van der Waals surface area contributed by atoms with Crippen molar-refractivity contribution in [3.05, 3.63) is 157 Å². The van der Waals surface area contributed by atoms with E-state index in [9.17, 15) is 0 Å². The molecule has 5 aromatic rings. The van der Waals surface area contributed by atoms with Crippen molar-refractivity contribution in [3.8, 4) is 0 Å². The van der Waals surface area contributed by atoms with Gasteiger partial charge in [-0.1, -0.05) is 178 Å². The van der Waals surface area contributed by atoms with E-state index in [0.717, 1.165) is 0 Å². The van der Waals surface area contributed by atoms with Crippen LogP contribution >= 0.6 is 0 Å². The highest BCUT2D eigenvalue weighted by Crippen LogP contribution is 2.10. The summed E-state index contributed by atoms with van der Waals surface area (Å²) in [4.78, 5) is 0. The third-order valence-corrected chi connectivity index (χ3v) is 18.4. The molecule has 0 unspecified atom stereocenters. The summed E-state index contributed by atoms with van der Waals surface area (Å²) in [5, 5.41) is 6.03. The van der Waals surface area contributed by atoms with Gasteiger partial charge in [-0.3, -0.25) is 0 Å². The molecule has 0 fully saturated rings. The Balaban J connectivity index is 1.56. The van der Waals surface area contributed by atoms with E-state index in [1.807, 2.05) is 0 Å². The first-order valence-electron chi connectivity index (χ1n) is 11.8. The fourth-order valence-electron chi connectivity index (χ4n) is 4.78. The molecular weight excluding hydrogens is 441 g/mol. The summed E-state index contributed by atoms with van der Waals surface area (Å²) in [5.41, 5.74) is 2.47. The van der Waals surface area contributed by atoms with E-state index in [-0.39, 0.29) is 0 Å². The first kappa shape index (κ1) is 22.1. The number of hydrogen-bond donors (Lipinski definition) is 0. The van der Waals surface area contributed by atoms with E-state index in [4.69, 9.17) is 0 Å². The molecule has 0 aromatic heterocycles. The lowest BCUT2D eigenvalue weighted by atomic mass is 10.1. The predicted molar refractivity (Wildman–Crippen MR) is 154 cm³/mol. The first-order valence-corrected chi connectivity index (χ1v) is 16.9. The number of benzene rings is 5. The minimum absolute atomic E-state index is 0.665. The maximum absolute atomic E-state index is 2.37. The molecule has 0 saturated heterocycles. The van der Waals surface area contributed by atoms with Crippen LogP contribution in [0.15, 0.2) is 146 Å². The lowest BCUT2D eigenvalue weighted by molar-refractivity contribution is 1.66. The lowest BCUT2D eigenvalue weighted by Gasteiger charge is -2.34. The Labute approximate surface area is 205 Å². The zero-order valence-corrected chi connectivity index (χ0v) is 21.6. The monoisotopic (exact) mass is 468 g/mol. The van der Waals surface area contributed by atoms with Gasteiger partial charge in [-0.15, -0.1) is 0 Å². The Bertz CT molecular complexity index is 1230. The van der Waals surface area contributed by atoms with E-state index in [2.05, 4.69) is 158 Å². The summed E-state index contributed by atoms with van der Waals surface area (Å²) < 4.78 is 0. The molecule has 0 amide bonds. The van der Waals surface area contributed by atoms with Crippen LogP contribution in [0.1, 0.15) is 11.1 Å². The molecule has 0 nitrogen and oxygen atoms in total. The Hall–Kier alpha value is -3.73. The Morgan fingerprint density at radius 1 is 0.382 bits per heavy atom. The van der Waals surface area contributed by atoms with Crippen molar-refractivity contribution in [1.82, 2.24) is 0 Å². The fourth-order valence-corrected chi connectivity index (χ4v) is 16.3. The fraction of sp³-hybridized carbons (Fsp3) is 0. The van der Waals surface area contributed by atoms with Crippen LogP contribution < -0.4 is 20.7 Å². The van der Waals surface area contributed by atoms with Crippen molar-refractivity contribution >= 4 is 49.5 Å². The van der Waals surface area contributed by atoms with Crippen molar-refractivity contribution in [3.63, 3.8) is 0 Å². The van der Waals surface area contributed by atoms with Gasteiger partial charge < -0.3 is 0 Å². The predicted octanol–water partition coefficient (Wildman–Crippen LogP) is 4.32. The molecule has 0 aliphatic carbocycles. The van der Waals surface area contributed by atoms with E-state index < -0.39 is 16.6 Å². The highest BCUT2D eigenvalue weighted by atomic mass is 29.2. The van der Waals surface area contributed by atoms with Crippen molar-refractivity contribution in [2.45, 2.75) is 0 Å². The van der Waals surface area contributed by atoms with E-state index in [0.29, 0.717) is 0 Å². The standard InChI is InChI=1S/C32H28Si2/c1-5-13-27(14-6-1)21-22-28-23-25-29(26-24-28)33-34(30-15-7-2-8-16-30,31-17-9-3-10-18-31)32-19-11-4-12-20-32/h1-26H,33H2. The Kier molecular flexibility index (Phi) is 6.80. The van der Waals surface area contributed by atoms with Gasteiger partial charge in [0, 0.05) is 0 Å². The second kappa shape index (κ2) is 10.5. The van der Waals surface area contributed by atoms with Crippen molar-refractivity contribution in [1.29, 1.82) is 0 Å². The van der Waals surface area contributed by atoms with Crippen LogP contribution in [-0.4, -0.2) is 16.6 Å². The molecule has 0 aliphatic heterocycles. The van der Waals surface area contributed by atoms with Crippen molar-refractivity contribution in [2.24, 2.45) is 0 Å². The molecule has 0 radical (unpaired) electrons. The molecular formula is C32H28Si2. The molecule has 0 aliphatic rings. The van der Waals surface area contributed by atoms with Gasteiger partial charge in [0.1, 0.15) is 7.59 Å². The summed E-state index contributed by atoms with van der Waals surface area (Å²) in [6.45, 7) is 0. The molecule has 5 rings (SSSR count). The summed E-state index contributed by atoms with van der Waals surface area (Å²) >= 11 is 0. The smallest absolute Gasteiger partial charge is 0.0682 e. The molecule has 34 heavy (non-hydrogen) atoms. The third-order valence-electron chi connectivity index (χ3n) is 6.52. The van der Waals surface area contributed by atoms with Gasteiger partial charge >= 0.3 is 0 Å². The molecule has 0 spiro atoms. The lowest BCUT2D eigenvalue weighted by Crippen LogP contribution is -2.73. The van der Waals surface area contributed by atoms with Gasteiger partial charge in [0.15, 0.2) is 0 Å². The van der Waals surface area contributed by atoms with Crippen LogP contribution in [0, 0.1) is 0 Å². The highest BCUT2D eigenvalue weighted by Gasteiger charge is 2.39. The molecule has 0 N–H and O–H groups in total. The van der Waals surface area contributed by atoms with Crippen molar-refractivity contribution in [2.75, 3.05) is 0 Å². The molecule has 5 aromatic carbocycles. The summed E-state index contributed by atoms with van der Waals surface area (Å²) in [6.07, 6.45) is 4.39. The van der Waals surface area contributed by atoms with Gasteiger partial charge in [0.05, 0.1) is 9.04 Å². The minimum atomic E-state index is -2.13. The quantitative estimate of drug-likeness (QED) is 0.190. The molecule has 0 bridgehead atoms. The largest absolute Gasteiger partial charge is 0.137 e. The van der Waals surface area contributed by atoms with Crippen LogP contribution in [0.25, 0.3) is 12.2 Å². The normalized spacial score (nSPS) is 11.9. The maximum atomic E-state index is 2.37. The highest BCUT2D eigenvalue weighted by molar-refractivity contribution is 7.46. The third kappa shape index (κ3) is 4.79. The maximum Gasteiger partial charge on any atom is 0.137 e. The first-order chi connectivity index (χ1) is 16.8. The number of rotatable bonds is 7. The Morgan fingerprint density at radius 3 is 1.15 bits per heavy atom. The van der Waals surface area contributed by atoms with E-state index in [1.165, 1.54) is 31.9 Å². The zero-order chi connectivity index (χ0) is 23.1. The molecule has 2 heteroatoms. The van der Waals surface area contributed by atoms with Gasteiger partial charge in [0.25, 0.3) is 0 Å². The second-order valence-electron chi connectivity index (χ2n) is 8.67. The molecule has 0 saturated carbocycles. The average Bonchev–Trinajstić information content (AvgIpc) is 2.93. The van der Waals surface area contributed by atoms with E-state index >= 15 is 0 Å². The van der Waals surface area contributed by atoms with Gasteiger partial charge in [-0.25, -0.2) is 0 Å². The molecule has 0 atom stereocenters. The zero-order valence-electron chi connectivity index (χ0n) is 19.2. The minimum Gasteiger partial charge on any atom is -0.0682 e. The van der Waals surface area contributed by atoms with E-state index in [1.54, 1.807) is 0 Å². The average molecular weight is 469 g/mol. The van der Waals surface area contributed by atoms with Crippen LogP contribution in [0.5, 0.6) is 0 Å². The topological polar surface area (TPSA) is 0 Å².